The van der Waals surface area contributed by atoms with Crippen LogP contribution >= 0.6 is 0 Å². The minimum absolute atomic E-state index is 0.0157. The lowest BCUT2D eigenvalue weighted by Crippen LogP contribution is -2.61. The summed E-state index contributed by atoms with van der Waals surface area (Å²) < 4.78 is 19.6. The van der Waals surface area contributed by atoms with Gasteiger partial charge in [0, 0.05) is 11.5 Å². The Balaban J connectivity index is 1.27. The highest BCUT2D eigenvalue weighted by Gasteiger charge is 2.47. The normalized spacial score (nSPS) is 16.7. The van der Waals surface area contributed by atoms with Gasteiger partial charge in [-0.3, -0.25) is 0 Å². The zero-order valence-electron chi connectivity index (χ0n) is 15.7. The van der Waals surface area contributed by atoms with Crippen molar-refractivity contribution in [3.05, 3.63) is 95.3 Å². The van der Waals surface area contributed by atoms with Crippen LogP contribution in [0.3, 0.4) is 0 Å². The molecule has 1 N–H and O–H groups in total. The molecule has 1 saturated heterocycles. The third-order valence-electron chi connectivity index (χ3n) is 5.87. The van der Waals surface area contributed by atoms with E-state index >= 15 is 0 Å². The fourth-order valence-electron chi connectivity index (χ4n) is 4.41. The van der Waals surface area contributed by atoms with Crippen molar-refractivity contribution in [1.29, 1.82) is 0 Å². The van der Waals surface area contributed by atoms with Crippen LogP contribution in [-0.4, -0.2) is 35.8 Å². The molecule has 1 aliphatic heterocycles. The summed E-state index contributed by atoms with van der Waals surface area (Å²) in [5.41, 5.74) is 3.48. The Morgan fingerprint density at radius 2 is 1.52 bits per heavy atom. The van der Waals surface area contributed by atoms with Crippen molar-refractivity contribution in [2.45, 2.75) is 11.5 Å². The Bertz CT molecular complexity index is 1050. The van der Waals surface area contributed by atoms with Gasteiger partial charge in [-0.15, -0.1) is 0 Å². The van der Waals surface area contributed by atoms with Crippen molar-refractivity contribution in [3.8, 4) is 11.1 Å². The SMILES string of the molecule is O=C(OCC1c2ccccc2-c2ccccc21)N1CC(O)(c2ccccc2F)C1. The van der Waals surface area contributed by atoms with Gasteiger partial charge in [0.05, 0.1) is 13.1 Å². The molecule has 146 valence electrons. The van der Waals surface area contributed by atoms with Gasteiger partial charge in [0.25, 0.3) is 0 Å². The Hall–Kier alpha value is -3.18. The number of aliphatic hydroxyl groups is 1. The van der Waals surface area contributed by atoms with Crippen molar-refractivity contribution < 1.29 is 19.0 Å². The van der Waals surface area contributed by atoms with Crippen molar-refractivity contribution in [1.82, 2.24) is 4.90 Å². The van der Waals surface area contributed by atoms with Gasteiger partial charge in [-0.1, -0.05) is 66.7 Å². The van der Waals surface area contributed by atoms with Crippen LogP contribution in [0.4, 0.5) is 9.18 Å². The fourth-order valence-corrected chi connectivity index (χ4v) is 4.41. The van der Waals surface area contributed by atoms with Gasteiger partial charge in [-0.05, 0) is 28.3 Å². The topological polar surface area (TPSA) is 49.8 Å². The molecule has 0 saturated carbocycles. The molecule has 1 heterocycles. The third kappa shape index (κ3) is 2.89. The lowest BCUT2D eigenvalue weighted by atomic mass is 9.86. The smallest absolute Gasteiger partial charge is 0.410 e. The summed E-state index contributed by atoms with van der Waals surface area (Å²) in [6.45, 7) is 0.261. The average molecular weight is 389 g/mol. The first-order valence-corrected chi connectivity index (χ1v) is 9.64. The molecule has 2 aliphatic rings. The second-order valence-corrected chi connectivity index (χ2v) is 7.67. The van der Waals surface area contributed by atoms with E-state index in [0.29, 0.717) is 0 Å². The molecule has 3 aromatic carbocycles. The van der Waals surface area contributed by atoms with Crippen molar-refractivity contribution in [2.24, 2.45) is 0 Å². The number of hydrogen-bond acceptors (Lipinski definition) is 3. The summed E-state index contributed by atoms with van der Waals surface area (Å²) >= 11 is 0. The van der Waals surface area contributed by atoms with Crippen LogP contribution in [0.25, 0.3) is 11.1 Å². The quantitative estimate of drug-likeness (QED) is 0.728. The Morgan fingerprint density at radius 1 is 0.966 bits per heavy atom. The van der Waals surface area contributed by atoms with E-state index in [-0.39, 0.29) is 31.2 Å². The molecule has 0 aromatic heterocycles. The summed E-state index contributed by atoms with van der Waals surface area (Å²) in [7, 11) is 0. The predicted molar refractivity (Wildman–Crippen MR) is 107 cm³/mol. The van der Waals surface area contributed by atoms with E-state index in [1.54, 1.807) is 18.2 Å². The molecule has 0 unspecified atom stereocenters. The first kappa shape index (κ1) is 17.9. The van der Waals surface area contributed by atoms with Gasteiger partial charge in [0.15, 0.2) is 0 Å². The van der Waals surface area contributed by atoms with E-state index in [1.165, 1.54) is 22.1 Å². The molecule has 0 atom stereocenters. The minimum Gasteiger partial charge on any atom is -0.448 e. The minimum atomic E-state index is -1.36. The number of hydrogen-bond donors (Lipinski definition) is 1. The highest BCUT2D eigenvalue weighted by Crippen LogP contribution is 2.44. The van der Waals surface area contributed by atoms with Gasteiger partial charge < -0.3 is 14.7 Å². The number of nitrogens with zero attached hydrogens (tertiary/aromatic N) is 1. The number of rotatable bonds is 3. The summed E-state index contributed by atoms with van der Waals surface area (Å²) in [6.07, 6.45) is -0.493. The Labute approximate surface area is 168 Å². The second kappa shape index (κ2) is 6.71. The number of carbonyl (C=O) groups is 1. The van der Waals surface area contributed by atoms with Crippen molar-refractivity contribution >= 4 is 6.09 Å². The number of halogens is 1. The lowest BCUT2D eigenvalue weighted by Gasteiger charge is -2.45. The highest BCUT2D eigenvalue weighted by molar-refractivity contribution is 5.79. The summed E-state index contributed by atoms with van der Waals surface area (Å²) in [5.74, 6) is -0.486. The molecule has 1 amide bonds. The predicted octanol–water partition coefficient (Wildman–Crippen LogP) is 4.28. The van der Waals surface area contributed by atoms with E-state index in [0.717, 1.165) is 11.1 Å². The van der Waals surface area contributed by atoms with E-state index in [9.17, 15) is 14.3 Å². The van der Waals surface area contributed by atoms with Gasteiger partial charge in [-0.25, -0.2) is 9.18 Å². The van der Waals surface area contributed by atoms with Crippen LogP contribution in [0.1, 0.15) is 22.6 Å². The van der Waals surface area contributed by atoms with Crippen LogP contribution in [0.5, 0.6) is 0 Å². The van der Waals surface area contributed by atoms with E-state index in [2.05, 4.69) is 24.3 Å². The number of benzene rings is 3. The number of carbonyl (C=O) groups excluding carboxylic acids is 1. The summed E-state index contributed by atoms with van der Waals surface area (Å²) in [4.78, 5) is 13.9. The van der Waals surface area contributed by atoms with Gasteiger partial charge in [-0.2, -0.15) is 0 Å². The van der Waals surface area contributed by atoms with Crippen LogP contribution in [0.2, 0.25) is 0 Å². The first-order valence-electron chi connectivity index (χ1n) is 9.64. The van der Waals surface area contributed by atoms with E-state index in [1.807, 2.05) is 24.3 Å². The maximum atomic E-state index is 14.0. The molecule has 0 radical (unpaired) electrons. The number of amides is 1. The molecule has 3 aromatic rings. The highest BCUT2D eigenvalue weighted by atomic mass is 19.1. The Kier molecular flexibility index (Phi) is 4.14. The monoisotopic (exact) mass is 389 g/mol. The number of likely N-dealkylation sites (tertiary alicyclic amines) is 1. The average Bonchev–Trinajstić information content (AvgIpc) is 3.04. The fraction of sp³-hybridized carbons (Fsp3) is 0.208. The second-order valence-electron chi connectivity index (χ2n) is 7.67. The molecule has 1 aliphatic carbocycles. The van der Waals surface area contributed by atoms with Crippen LogP contribution in [0.15, 0.2) is 72.8 Å². The standard InChI is InChI=1S/C24H20FNO3/c25-22-12-6-5-11-21(22)24(28)14-26(15-24)23(27)29-13-20-18-9-3-1-7-16(18)17-8-2-4-10-19(17)20/h1-12,20,28H,13-15H2. The molecule has 5 heteroatoms. The molecule has 1 fully saturated rings. The van der Waals surface area contributed by atoms with Crippen molar-refractivity contribution in [3.63, 3.8) is 0 Å². The zero-order valence-corrected chi connectivity index (χ0v) is 15.7. The molecule has 29 heavy (non-hydrogen) atoms. The number of β-amino-alcohol motifs (C(OH)–C–C–N with tert-alkyl or cyclic N) is 1. The molecule has 5 rings (SSSR count). The first-order chi connectivity index (χ1) is 14.1. The maximum absolute atomic E-state index is 14.0. The molecule has 4 nitrogen and oxygen atoms in total. The summed E-state index contributed by atoms with van der Waals surface area (Å²) in [6, 6.07) is 22.4. The largest absolute Gasteiger partial charge is 0.448 e. The van der Waals surface area contributed by atoms with Crippen LogP contribution < -0.4 is 0 Å². The van der Waals surface area contributed by atoms with Gasteiger partial charge >= 0.3 is 6.09 Å². The Morgan fingerprint density at radius 3 is 2.14 bits per heavy atom. The maximum Gasteiger partial charge on any atom is 0.410 e. The molecule has 0 spiro atoms. The van der Waals surface area contributed by atoms with Crippen molar-refractivity contribution in [2.75, 3.05) is 19.7 Å². The molecular formula is C24H20FNO3. The lowest BCUT2D eigenvalue weighted by molar-refractivity contribution is -0.0962. The van der Waals surface area contributed by atoms with Gasteiger partial charge in [0.2, 0.25) is 0 Å². The van der Waals surface area contributed by atoms with Gasteiger partial charge in [0.1, 0.15) is 18.0 Å². The molecule has 0 bridgehead atoms. The molecular weight excluding hydrogens is 369 g/mol. The van der Waals surface area contributed by atoms with Crippen LogP contribution in [-0.2, 0) is 10.3 Å². The number of fused-ring (bicyclic) bond motifs is 3. The van der Waals surface area contributed by atoms with Crippen LogP contribution in [0, 0.1) is 5.82 Å². The van der Waals surface area contributed by atoms with E-state index < -0.39 is 17.5 Å². The number of ether oxygens (including phenoxy) is 1. The van der Waals surface area contributed by atoms with E-state index in [4.69, 9.17) is 4.74 Å². The third-order valence-corrected chi connectivity index (χ3v) is 5.87. The summed E-state index contributed by atoms with van der Waals surface area (Å²) in [5, 5.41) is 10.6. The zero-order chi connectivity index (χ0) is 20.0.